The number of ether oxygens (including phenoxy) is 1. The number of hydrogen-bond donors (Lipinski definition) is 0. The SMILES string of the molecule is CC1Oc2ccc3ccccc3c2C1=NOS(=O)(=O)c1c(C(C)C)cc(C(C)C)cc1C(C)C. The molecule has 0 amide bonds. The largest absolute Gasteiger partial charge is 0.484 e. The van der Waals surface area contributed by atoms with Gasteiger partial charge < -0.3 is 4.74 Å². The van der Waals surface area contributed by atoms with Crippen LogP contribution in [0.25, 0.3) is 10.8 Å². The summed E-state index contributed by atoms with van der Waals surface area (Å²) in [5, 5.41) is 6.19. The molecular weight excluding hydrogens is 446 g/mol. The topological polar surface area (TPSA) is 65.0 Å². The fourth-order valence-electron chi connectivity index (χ4n) is 4.49. The highest BCUT2D eigenvalue weighted by Gasteiger charge is 2.32. The van der Waals surface area contributed by atoms with Crippen LogP contribution in [0.15, 0.2) is 58.6 Å². The van der Waals surface area contributed by atoms with Crippen LogP contribution in [0.4, 0.5) is 0 Å². The number of hydrogen-bond acceptors (Lipinski definition) is 5. The summed E-state index contributed by atoms with van der Waals surface area (Å²) in [4.78, 5) is 0.232. The molecule has 180 valence electrons. The third-order valence-corrected chi connectivity index (χ3v) is 7.64. The summed E-state index contributed by atoms with van der Waals surface area (Å²) in [5.74, 6) is 0.985. The Morgan fingerprint density at radius 2 is 1.50 bits per heavy atom. The van der Waals surface area contributed by atoms with Gasteiger partial charge in [-0.05, 0) is 58.2 Å². The quantitative estimate of drug-likeness (QED) is 0.354. The zero-order valence-corrected chi connectivity index (χ0v) is 21.7. The maximum atomic E-state index is 13.6. The van der Waals surface area contributed by atoms with Crippen LogP contribution in [-0.2, 0) is 14.4 Å². The normalized spacial score (nSPS) is 17.1. The second-order valence-corrected chi connectivity index (χ2v) is 11.4. The smallest absolute Gasteiger partial charge is 0.359 e. The lowest BCUT2D eigenvalue weighted by molar-refractivity contribution is 0.291. The highest BCUT2D eigenvalue weighted by Crippen LogP contribution is 2.38. The molecule has 1 aliphatic rings. The van der Waals surface area contributed by atoms with E-state index in [0.29, 0.717) is 11.5 Å². The number of oxime groups is 1. The first-order valence-corrected chi connectivity index (χ1v) is 13.3. The van der Waals surface area contributed by atoms with Gasteiger partial charge >= 0.3 is 10.1 Å². The summed E-state index contributed by atoms with van der Waals surface area (Å²) in [5.41, 5.74) is 3.90. The number of fused-ring (bicyclic) bond motifs is 3. The van der Waals surface area contributed by atoms with Crippen molar-refractivity contribution in [3.8, 4) is 5.75 Å². The lowest BCUT2D eigenvalue weighted by atomic mass is 9.89. The predicted octanol–water partition coefficient (Wildman–Crippen LogP) is 7.10. The van der Waals surface area contributed by atoms with E-state index < -0.39 is 16.2 Å². The van der Waals surface area contributed by atoms with Gasteiger partial charge in [0.2, 0.25) is 0 Å². The Bertz CT molecular complexity index is 1340. The van der Waals surface area contributed by atoms with Crippen LogP contribution in [0.3, 0.4) is 0 Å². The highest BCUT2D eigenvalue weighted by molar-refractivity contribution is 7.86. The Kier molecular flexibility index (Phi) is 6.47. The van der Waals surface area contributed by atoms with Gasteiger partial charge in [-0.25, -0.2) is 0 Å². The van der Waals surface area contributed by atoms with Crippen molar-refractivity contribution in [3.63, 3.8) is 0 Å². The molecule has 0 fully saturated rings. The van der Waals surface area contributed by atoms with Crippen molar-refractivity contribution in [2.75, 3.05) is 0 Å². The molecular formula is C28H33NO4S. The van der Waals surface area contributed by atoms with Crippen molar-refractivity contribution in [2.45, 2.75) is 77.2 Å². The zero-order chi connectivity index (χ0) is 24.8. The molecule has 1 aliphatic heterocycles. The standard InChI is InChI=1S/C28H33NO4S/c1-16(2)21-14-23(17(3)4)28(24(15-21)18(5)6)34(30,31)33-29-27-19(7)32-25-13-12-20-10-8-9-11-22(20)26(25)27/h8-19H,1-7H3. The zero-order valence-electron chi connectivity index (χ0n) is 20.9. The molecule has 0 saturated heterocycles. The number of benzene rings is 3. The van der Waals surface area contributed by atoms with Gasteiger partial charge in [-0.1, -0.05) is 89.2 Å². The molecule has 0 spiro atoms. The van der Waals surface area contributed by atoms with Crippen molar-refractivity contribution < 1.29 is 17.4 Å². The monoisotopic (exact) mass is 479 g/mol. The Morgan fingerprint density at radius 1 is 0.882 bits per heavy atom. The van der Waals surface area contributed by atoms with E-state index in [9.17, 15) is 8.42 Å². The van der Waals surface area contributed by atoms with Crippen molar-refractivity contribution in [1.82, 2.24) is 0 Å². The third-order valence-electron chi connectivity index (χ3n) is 6.40. The van der Waals surface area contributed by atoms with Crippen molar-refractivity contribution in [3.05, 3.63) is 70.8 Å². The summed E-state index contributed by atoms with van der Waals surface area (Å²) in [6.45, 7) is 14.1. The third kappa shape index (κ3) is 4.31. The van der Waals surface area contributed by atoms with Crippen LogP contribution in [-0.4, -0.2) is 20.2 Å². The fourth-order valence-corrected chi connectivity index (χ4v) is 5.91. The molecule has 1 heterocycles. The van der Waals surface area contributed by atoms with E-state index in [1.54, 1.807) is 0 Å². The molecule has 0 saturated carbocycles. The molecule has 3 aromatic carbocycles. The van der Waals surface area contributed by atoms with Gasteiger partial charge in [0, 0.05) is 0 Å². The lowest BCUT2D eigenvalue weighted by Gasteiger charge is -2.21. The van der Waals surface area contributed by atoms with Crippen LogP contribution >= 0.6 is 0 Å². The summed E-state index contributed by atoms with van der Waals surface area (Å²) >= 11 is 0. The van der Waals surface area contributed by atoms with Crippen molar-refractivity contribution in [2.24, 2.45) is 5.16 Å². The first-order valence-electron chi connectivity index (χ1n) is 11.9. The number of rotatable bonds is 6. The van der Waals surface area contributed by atoms with Crippen molar-refractivity contribution >= 4 is 26.6 Å². The molecule has 1 atom stereocenters. The molecule has 0 bridgehead atoms. The average Bonchev–Trinajstić information content (AvgIpc) is 3.12. The van der Waals surface area contributed by atoms with Gasteiger partial charge in [-0.3, -0.25) is 4.28 Å². The molecule has 5 nitrogen and oxygen atoms in total. The van der Waals surface area contributed by atoms with Gasteiger partial charge in [0.15, 0.2) is 0 Å². The summed E-state index contributed by atoms with van der Waals surface area (Å²) in [7, 11) is -4.16. The molecule has 0 aromatic heterocycles. The Hall–Kier alpha value is -2.86. The van der Waals surface area contributed by atoms with Gasteiger partial charge in [0.05, 0.1) is 5.56 Å². The molecule has 0 radical (unpaired) electrons. The Balaban J connectivity index is 1.84. The van der Waals surface area contributed by atoms with Gasteiger partial charge in [-0.2, -0.15) is 8.42 Å². The summed E-state index contributed by atoms with van der Waals surface area (Å²) in [6, 6.07) is 15.8. The lowest BCUT2D eigenvalue weighted by Crippen LogP contribution is -2.19. The predicted molar refractivity (Wildman–Crippen MR) is 138 cm³/mol. The molecule has 0 N–H and O–H groups in total. The second kappa shape index (κ2) is 9.06. The van der Waals surface area contributed by atoms with Gasteiger partial charge in [0.1, 0.15) is 22.5 Å². The van der Waals surface area contributed by atoms with E-state index in [1.807, 2.05) is 83.1 Å². The Labute approximate surface area is 202 Å². The maximum Gasteiger partial charge on any atom is 0.359 e. The summed E-state index contributed by atoms with van der Waals surface area (Å²) in [6.07, 6.45) is -0.423. The second-order valence-electron chi connectivity index (χ2n) is 9.92. The molecule has 6 heteroatoms. The molecule has 3 aromatic rings. The van der Waals surface area contributed by atoms with E-state index in [1.165, 1.54) is 0 Å². The fraction of sp³-hybridized carbons (Fsp3) is 0.393. The maximum absolute atomic E-state index is 13.6. The number of nitrogens with zero attached hydrogens (tertiary/aromatic N) is 1. The summed E-state index contributed by atoms with van der Waals surface area (Å²) < 4.78 is 38.7. The van der Waals surface area contributed by atoms with Crippen LogP contribution in [0.1, 0.15) is 88.5 Å². The van der Waals surface area contributed by atoms with Crippen LogP contribution in [0.2, 0.25) is 0 Å². The Morgan fingerprint density at radius 3 is 2.09 bits per heavy atom. The van der Waals surface area contributed by atoms with Crippen LogP contribution in [0.5, 0.6) is 5.75 Å². The first kappa shape index (κ1) is 24.3. The highest BCUT2D eigenvalue weighted by atomic mass is 32.2. The minimum Gasteiger partial charge on any atom is -0.484 e. The van der Waals surface area contributed by atoms with E-state index in [2.05, 4.69) is 19.0 Å². The molecule has 4 rings (SSSR count). The first-order chi connectivity index (χ1) is 16.0. The molecule has 0 aliphatic carbocycles. The van der Waals surface area contributed by atoms with Gasteiger partial charge in [0.25, 0.3) is 0 Å². The van der Waals surface area contributed by atoms with Crippen LogP contribution in [0, 0.1) is 0 Å². The van der Waals surface area contributed by atoms with E-state index in [-0.39, 0.29) is 22.6 Å². The van der Waals surface area contributed by atoms with Crippen LogP contribution < -0.4 is 4.74 Å². The molecule has 1 unspecified atom stereocenters. The van der Waals surface area contributed by atoms with Gasteiger partial charge in [-0.15, -0.1) is 0 Å². The van der Waals surface area contributed by atoms with E-state index in [4.69, 9.17) is 9.02 Å². The van der Waals surface area contributed by atoms with Crippen molar-refractivity contribution in [1.29, 1.82) is 0 Å². The minimum atomic E-state index is -4.16. The molecule has 34 heavy (non-hydrogen) atoms. The average molecular weight is 480 g/mol. The minimum absolute atomic E-state index is 0.00985. The van der Waals surface area contributed by atoms with E-state index in [0.717, 1.165) is 33.0 Å². The van der Waals surface area contributed by atoms with E-state index >= 15 is 0 Å².